The summed E-state index contributed by atoms with van der Waals surface area (Å²) < 4.78 is 0. The lowest BCUT2D eigenvalue weighted by molar-refractivity contribution is -0.141. The Hall–Kier alpha value is -1.75. The monoisotopic (exact) mass is 253 g/mol. The lowest BCUT2D eigenvalue weighted by Gasteiger charge is -2.19. The van der Waals surface area contributed by atoms with Gasteiger partial charge in [0.15, 0.2) is 0 Å². The highest BCUT2D eigenvalue weighted by atomic mass is 16.4. The van der Waals surface area contributed by atoms with Crippen LogP contribution in [0, 0.1) is 5.92 Å². The Morgan fingerprint density at radius 3 is 2.22 bits per heavy atom. The summed E-state index contributed by atoms with van der Waals surface area (Å²) in [7, 11) is 0. The molecular formula is C13H19NO4. The summed E-state index contributed by atoms with van der Waals surface area (Å²) in [5.41, 5.74) is 6.17. The number of carboxylic acid groups (broad SMARTS) is 1. The van der Waals surface area contributed by atoms with Gasteiger partial charge in [0.1, 0.15) is 11.5 Å². The lowest BCUT2D eigenvalue weighted by atomic mass is 9.86. The molecule has 0 aliphatic carbocycles. The first-order valence-corrected chi connectivity index (χ1v) is 5.93. The van der Waals surface area contributed by atoms with Crippen molar-refractivity contribution < 1.29 is 20.1 Å². The Kier molecular flexibility index (Phi) is 4.97. The van der Waals surface area contributed by atoms with E-state index >= 15 is 0 Å². The van der Waals surface area contributed by atoms with Gasteiger partial charge < -0.3 is 21.1 Å². The van der Waals surface area contributed by atoms with E-state index in [0.717, 1.165) is 5.56 Å². The largest absolute Gasteiger partial charge is 0.508 e. The number of rotatable bonds is 6. The maximum atomic E-state index is 11.0. The maximum absolute atomic E-state index is 11.0. The molecule has 0 aliphatic heterocycles. The van der Waals surface area contributed by atoms with E-state index in [1.807, 2.05) is 6.92 Å². The summed E-state index contributed by atoms with van der Waals surface area (Å²) >= 11 is 0. The molecule has 2 unspecified atom stereocenters. The minimum absolute atomic E-state index is 0.0249. The Morgan fingerprint density at radius 1 is 1.28 bits per heavy atom. The van der Waals surface area contributed by atoms with E-state index in [1.54, 1.807) is 12.1 Å². The molecule has 0 bridgehead atoms. The zero-order valence-corrected chi connectivity index (χ0v) is 10.3. The molecule has 1 aromatic carbocycles. The third-order valence-electron chi connectivity index (χ3n) is 3.09. The highest BCUT2D eigenvalue weighted by Gasteiger charge is 2.22. The summed E-state index contributed by atoms with van der Waals surface area (Å²) in [6.07, 6.45) is 1.11. The Labute approximate surface area is 106 Å². The average Bonchev–Trinajstić information content (AvgIpc) is 2.28. The SMILES string of the molecule is CCC(CC(CN)C(=O)O)c1cc(O)cc(O)c1. The molecule has 5 nitrogen and oxygen atoms in total. The van der Waals surface area contributed by atoms with Gasteiger partial charge in [-0.2, -0.15) is 0 Å². The molecule has 1 rings (SSSR count). The molecule has 0 radical (unpaired) electrons. The standard InChI is InChI=1S/C13H19NO4/c1-2-8(3-10(7-14)13(17)18)9-4-11(15)6-12(16)5-9/h4-6,8,10,15-16H,2-3,7,14H2,1H3,(H,17,18). The zero-order chi connectivity index (χ0) is 13.7. The van der Waals surface area contributed by atoms with E-state index in [1.165, 1.54) is 6.07 Å². The summed E-state index contributed by atoms with van der Waals surface area (Å²) in [5.74, 6) is -1.63. The number of benzene rings is 1. The molecule has 0 aromatic heterocycles. The molecule has 0 heterocycles. The molecule has 1 aromatic rings. The number of aromatic hydroxyl groups is 2. The van der Waals surface area contributed by atoms with E-state index in [9.17, 15) is 15.0 Å². The van der Waals surface area contributed by atoms with Crippen molar-refractivity contribution in [2.24, 2.45) is 11.7 Å². The van der Waals surface area contributed by atoms with Crippen molar-refractivity contribution in [2.45, 2.75) is 25.7 Å². The Morgan fingerprint density at radius 2 is 1.83 bits per heavy atom. The number of phenolic OH excluding ortho intramolecular Hbond substituents is 2. The van der Waals surface area contributed by atoms with Crippen molar-refractivity contribution >= 4 is 5.97 Å². The minimum Gasteiger partial charge on any atom is -0.508 e. The maximum Gasteiger partial charge on any atom is 0.307 e. The van der Waals surface area contributed by atoms with Gasteiger partial charge in [0.05, 0.1) is 5.92 Å². The van der Waals surface area contributed by atoms with Crippen LogP contribution in [0.25, 0.3) is 0 Å². The molecule has 0 saturated carbocycles. The van der Waals surface area contributed by atoms with Gasteiger partial charge in [-0.15, -0.1) is 0 Å². The van der Waals surface area contributed by atoms with Crippen molar-refractivity contribution in [3.05, 3.63) is 23.8 Å². The van der Waals surface area contributed by atoms with Crippen LogP contribution in [-0.2, 0) is 4.79 Å². The third kappa shape index (κ3) is 3.63. The first-order valence-electron chi connectivity index (χ1n) is 5.93. The number of phenols is 2. The van der Waals surface area contributed by atoms with E-state index in [2.05, 4.69) is 0 Å². The molecule has 0 fully saturated rings. The quantitative estimate of drug-likeness (QED) is 0.617. The second-order valence-electron chi connectivity index (χ2n) is 4.39. The molecule has 5 N–H and O–H groups in total. The number of hydrogen-bond donors (Lipinski definition) is 4. The van der Waals surface area contributed by atoms with Crippen molar-refractivity contribution in [1.29, 1.82) is 0 Å². The van der Waals surface area contributed by atoms with E-state index < -0.39 is 11.9 Å². The summed E-state index contributed by atoms with van der Waals surface area (Å²) in [4.78, 5) is 11.0. The smallest absolute Gasteiger partial charge is 0.307 e. The number of carbonyl (C=O) groups is 1. The number of carboxylic acids is 1. The zero-order valence-electron chi connectivity index (χ0n) is 10.3. The molecule has 100 valence electrons. The average molecular weight is 253 g/mol. The van der Waals surface area contributed by atoms with Crippen molar-refractivity contribution in [3.8, 4) is 11.5 Å². The van der Waals surface area contributed by atoms with Gasteiger partial charge >= 0.3 is 5.97 Å². The van der Waals surface area contributed by atoms with E-state index in [0.29, 0.717) is 12.8 Å². The van der Waals surface area contributed by atoms with Crippen molar-refractivity contribution in [3.63, 3.8) is 0 Å². The van der Waals surface area contributed by atoms with Crippen molar-refractivity contribution in [1.82, 2.24) is 0 Å². The van der Waals surface area contributed by atoms with Gasteiger partial charge in [0.25, 0.3) is 0 Å². The molecular weight excluding hydrogens is 234 g/mol. The van der Waals surface area contributed by atoms with Crippen LogP contribution in [-0.4, -0.2) is 27.8 Å². The number of hydrogen-bond acceptors (Lipinski definition) is 4. The molecule has 2 atom stereocenters. The molecule has 5 heteroatoms. The van der Waals surface area contributed by atoms with Gasteiger partial charge in [-0.05, 0) is 36.5 Å². The highest BCUT2D eigenvalue weighted by molar-refractivity contribution is 5.70. The van der Waals surface area contributed by atoms with Crippen molar-refractivity contribution in [2.75, 3.05) is 6.54 Å². The normalized spacial score (nSPS) is 14.1. The van der Waals surface area contributed by atoms with Crippen LogP contribution in [0.3, 0.4) is 0 Å². The van der Waals surface area contributed by atoms with Gasteiger partial charge in [0.2, 0.25) is 0 Å². The minimum atomic E-state index is -0.916. The fourth-order valence-corrected chi connectivity index (χ4v) is 2.03. The number of nitrogens with two attached hydrogens (primary N) is 1. The van der Waals surface area contributed by atoms with Crippen LogP contribution in [0.2, 0.25) is 0 Å². The van der Waals surface area contributed by atoms with Gasteiger partial charge in [-0.1, -0.05) is 6.92 Å². The van der Waals surface area contributed by atoms with Gasteiger partial charge in [-0.25, -0.2) is 0 Å². The second-order valence-corrected chi connectivity index (χ2v) is 4.39. The summed E-state index contributed by atoms with van der Waals surface area (Å²) in [6.45, 7) is 2.01. The van der Waals surface area contributed by atoms with Gasteiger partial charge in [0, 0.05) is 12.6 Å². The fraction of sp³-hybridized carbons (Fsp3) is 0.462. The molecule has 0 aliphatic rings. The predicted octanol–water partition coefficient (Wildman–Crippen LogP) is 1.64. The van der Waals surface area contributed by atoms with Crippen LogP contribution >= 0.6 is 0 Å². The van der Waals surface area contributed by atoms with Crippen LogP contribution in [0.1, 0.15) is 31.2 Å². The van der Waals surface area contributed by atoms with Crippen LogP contribution in [0.4, 0.5) is 0 Å². The molecule has 0 spiro atoms. The van der Waals surface area contributed by atoms with Crippen LogP contribution in [0.5, 0.6) is 11.5 Å². The first kappa shape index (κ1) is 14.3. The lowest BCUT2D eigenvalue weighted by Crippen LogP contribution is -2.25. The van der Waals surface area contributed by atoms with Crippen LogP contribution in [0.15, 0.2) is 18.2 Å². The second kappa shape index (κ2) is 6.26. The Bertz CT molecular complexity index is 399. The van der Waals surface area contributed by atoms with Crippen LogP contribution < -0.4 is 5.73 Å². The predicted molar refractivity (Wildman–Crippen MR) is 67.6 cm³/mol. The molecule has 18 heavy (non-hydrogen) atoms. The Balaban J connectivity index is 2.91. The summed E-state index contributed by atoms with van der Waals surface area (Å²) in [5, 5.41) is 27.9. The highest BCUT2D eigenvalue weighted by Crippen LogP contribution is 2.32. The topological polar surface area (TPSA) is 104 Å². The van der Waals surface area contributed by atoms with E-state index in [-0.39, 0.29) is 24.0 Å². The fourth-order valence-electron chi connectivity index (χ4n) is 2.03. The molecule has 0 saturated heterocycles. The number of aliphatic carboxylic acids is 1. The first-order chi connectivity index (χ1) is 8.47. The summed E-state index contributed by atoms with van der Waals surface area (Å²) in [6, 6.07) is 4.33. The van der Waals surface area contributed by atoms with E-state index in [4.69, 9.17) is 10.8 Å². The van der Waals surface area contributed by atoms with Gasteiger partial charge in [-0.3, -0.25) is 4.79 Å². The molecule has 0 amide bonds. The third-order valence-corrected chi connectivity index (χ3v) is 3.09.